The van der Waals surface area contributed by atoms with Crippen molar-refractivity contribution in [3.05, 3.63) is 0 Å². The first-order valence-corrected chi connectivity index (χ1v) is 5.74. The minimum absolute atomic E-state index is 0.430. The van der Waals surface area contributed by atoms with Gasteiger partial charge < -0.3 is 14.8 Å². The van der Waals surface area contributed by atoms with Crippen molar-refractivity contribution in [3.63, 3.8) is 0 Å². The fourth-order valence-electron chi connectivity index (χ4n) is 1.72. The molecule has 0 aromatic carbocycles. The summed E-state index contributed by atoms with van der Waals surface area (Å²) in [6.07, 6.45) is 2.73. The first kappa shape index (κ1) is 12.0. The van der Waals surface area contributed by atoms with Gasteiger partial charge in [0.05, 0.1) is 12.7 Å². The van der Waals surface area contributed by atoms with Crippen molar-refractivity contribution in [2.24, 2.45) is 5.92 Å². The number of nitrogens with one attached hydrogen (secondary N) is 1. The molecule has 0 amide bonds. The van der Waals surface area contributed by atoms with E-state index >= 15 is 0 Å². The highest BCUT2D eigenvalue weighted by Crippen LogP contribution is 2.18. The Kier molecular flexibility index (Phi) is 6.15. The van der Waals surface area contributed by atoms with Crippen LogP contribution in [0.25, 0.3) is 0 Å². The van der Waals surface area contributed by atoms with Crippen molar-refractivity contribution in [3.8, 4) is 0 Å². The zero-order chi connectivity index (χ0) is 10.2. The highest BCUT2D eigenvalue weighted by molar-refractivity contribution is 4.74. The van der Waals surface area contributed by atoms with Crippen LogP contribution in [0.2, 0.25) is 0 Å². The van der Waals surface area contributed by atoms with Crippen molar-refractivity contribution in [1.82, 2.24) is 5.32 Å². The lowest BCUT2D eigenvalue weighted by Gasteiger charge is -2.14. The second-order valence-electron chi connectivity index (χ2n) is 3.94. The lowest BCUT2D eigenvalue weighted by Crippen LogP contribution is -2.29. The molecule has 14 heavy (non-hydrogen) atoms. The van der Waals surface area contributed by atoms with Crippen molar-refractivity contribution in [1.29, 1.82) is 0 Å². The minimum Gasteiger partial charge on any atom is -0.380 e. The summed E-state index contributed by atoms with van der Waals surface area (Å²) < 4.78 is 10.9. The van der Waals surface area contributed by atoms with Crippen LogP contribution in [0.15, 0.2) is 0 Å². The van der Waals surface area contributed by atoms with E-state index in [1.54, 1.807) is 0 Å². The molecule has 0 aromatic rings. The summed E-state index contributed by atoms with van der Waals surface area (Å²) in [5.41, 5.74) is 0. The normalized spacial score (nSPS) is 27.0. The molecule has 0 spiro atoms. The van der Waals surface area contributed by atoms with Gasteiger partial charge in [-0.2, -0.15) is 0 Å². The molecule has 1 heterocycles. The Balaban J connectivity index is 1.88. The van der Waals surface area contributed by atoms with E-state index in [0.717, 1.165) is 39.3 Å². The van der Waals surface area contributed by atoms with Gasteiger partial charge in [-0.25, -0.2) is 0 Å². The van der Waals surface area contributed by atoms with Gasteiger partial charge in [-0.3, -0.25) is 0 Å². The van der Waals surface area contributed by atoms with E-state index in [0.29, 0.717) is 12.0 Å². The number of hydrogen-bond acceptors (Lipinski definition) is 3. The highest BCUT2D eigenvalue weighted by Gasteiger charge is 2.23. The molecule has 1 N–H and O–H groups in total. The molecule has 1 fully saturated rings. The molecule has 1 saturated heterocycles. The van der Waals surface area contributed by atoms with E-state index in [9.17, 15) is 0 Å². The Labute approximate surface area is 87.2 Å². The average molecular weight is 201 g/mol. The van der Waals surface area contributed by atoms with Crippen molar-refractivity contribution in [2.75, 3.05) is 32.9 Å². The van der Waals surface area contributed by atoms with E-state index in [-0.39, 0.29) is 0 Å². The van der Waals surface area contributed by atoms with Gasteiger partial charge in [0, 0.05) is 26.3 Å². The smallest absolute Gasteiger partial charge is 0.0590 e. The molecule has 1 aliphatic heterocycles. The maximum Gasteiger partial charge on any atom is 0.0590 e. The third-order valence-electron chi connectivity index (χ3n) is 2.71. The molecule has 84 valence electrons. The van der Waals surface area contributed by atoms with Crippen molar-refractivity contribution >= 4 is 0 Å². The summed E-state index contributed by atoms with van der Waals surface area (Å²) in [6.45, 7) is 8.96. The summed E-state index contributed by atoms with van der Waals surface area (Å²) in [5.74, 6) is 0.696. The molecule has 2 atom stereocenters. The third-order valence-corrected chi connectivity index (χ3v) is 2.71. The number of hydrogen-bond donors (Lipinski definition) is 1. The van der Waals surface area contributed by atoms with Gasteiger partial charge in [-0.1, -0.05) is 6.92 Å². The molecule has 0 aliphatic carbocycles. The lowest BCUT2D eigenvalue weighted by atomic mass is 10.0. The Morgan fingerprint density at radius 1 is 1.43 bits per heavy atom. The maximum atomic E-state index is 5.49. The quantitative estimate of drug-likeness (QED) is 0.632. The first-order valence-electron chi connectivity index (χ1n) is 5.74. The molecular formula is C11H23NO2. The molecular weight excluding hydrogens is 178 g/mol. The molecule has 3 nitrogen and oxygen atoms in total. The van der Waals surface area contributed by atoms with Crippen LogP contribution in [0.5, 0.6) is 0 Å². The SMILES string of the molecule is CCCOCCNCC1CCOC1C. The third kappa shape index (κ3) is 4.40. The Morgan fingerprint density at radius 2 is 2.29 bits per heavy atom. The van der Waals surface area contributed by atoms with Gasteiger partial charge in [0.15, 0.2) is 0 Å². The van der Waals surface area contributed by atoms with E-state index in [1.807, 2.05) is 0 Å². The Bertz CT molecular complexity index is 141. The maximum absolute atomic E-state index is 5.49. The zero-order valence-electron chi connectivity index (χ0n) is 9.42. The molecule has 2 unspecified atom stereocenters. The summed E-state index contributed by atoms with van der Waals surface area (Å²) in [6, 6.07) is 0. The van der Waals surface area contributed by atoms with E-state index in [2.05, 4.69) is 19.2 Å². The topological polar surface area (TPSA) is 30.5 Å². The Morgan fingerprint density at radius 3 is 2.93 bits per heavy atom. The van der Waals surface area contributed by atoms with Crippen LogP contribution in [0.1, 0.15) is 26.7 Å². The highest BCUT2D eigenvalue weighted by atomic mass is 16.5. The van der Waals surface area contributed by atoms with E-state index in [4.69, 9.17) is 9.47 Å². The fraction of sp³-hybridized carbons (Fsp3) is 1.00. The van der Waals surface area contributed by atoms with Crippen molar-refractivity contribution < 1.29 is 9.47 Å². The molecule has 0 saturated carbocycles. The summed E-state index contributed by atoms with van der Waals surface area (Å²) >= 11 is 0. The molecule has 0 aromatic heterocycles. The monoisotopic (exact) mass is 201 g/mol. The van der Waals surface area contributed by atoms with Crippen LogP contribution in [0.3, 0.4) is 0 Å². The van der Waals surface area contributed by atoms with Gasteiger partial charge in [0.2, 0.25) is 0 Å². The fourth-order valence-corrected chi connectivity index (χ4v) is 1.72. The van der Waals surface area contributed by atoms with E-state index in [1.165, 1.54) is 6.42 Å². The standard InChI is InChI=1S/C11H23NO2/c1-3-6-13-8-5-12-9-11-4-7-14-10(11)2/h10-12H,3-9H2,1-2H3. The average Bonchev–Trinajstić information content (AvgIpc) is 2.58. The van der Waals surface area contributed by atoms with Crippen LogP contribution in [0.4, 0.5) is 0 Å². The predicted octanol–water partition coefficient (Wildman–Crippen LogP) is 1.43. The van der Waals surface area contributed by atoms with E-state index < -0.39 is 0 Å². The molecule has 1 aliphatic rings. The second-order valence-corrected chi connectivity index (χ2v) is 3.94. The van der Waals surface area contributed by atoms with Gasteiger partial charge in [-0.05, 0) is 25.7 Å². The van der Waals surface area contributed by atoms with Crippen molar-refractivity contribution in [2.45, 2.75) is 32.8 Å². The molecule has 3 heteroatoms. The van der Waals surface area contributed by atoms with Gasteiger partial charge in [0.1, 0.15) is 0 Å². The summed E-state index contributed by atoms with van der Waals surface area (Å²) in [4.78, 5) is 0. The predicted molar refractivity (Wildman–Crippen MR) is 57.5 cm³/mol. The Hall–Kier alpha value is -0.120. The minimum atomic E-state index is 0.430. The van der Waals surface area contributed by atoms with Gasteiger partial charge in [0.25, 0.3) is 0 Å². The van der Waals surface area contributed by atoms with Gasteiger partial charge in [-0.15, -0.1) is 0 Å². The number of rotatable bonds is 7. The van der Waals surface area contributed by atoms with Crippen LogP contribution in [0, 0.1) is 5.92 Å². The van der Waals surface area contributed by atoms with Crippen LogP contribution >= 0.6 is 0 Å². The van der Waals surface area contributed by atoms with Gasteiger partial charge >= 0.3 is 0 Å². The first-order chi connectivity index (χ1) is 6.84. The summed E-state index contributed by atoms with van der Waals surface area (Å²) in [7, 11) is 0. The lowest BCUT2D eigenvalue weighted by molar-refractivity contribution is 0.103. The number of ether oxygens (including phenoxy) is 2. The molecule has 0 bridgehead atoms. The summed E-state index contributed by atoms with van der Waals surface area (Å²) in [5, 5.41) is 3.41. The molecule has 0 radical (unpaired) electrons. The van der Waals surface area contributed by atoms with Crippen LogP contribution in [-0.4, -0.2) is 39.0 Å². The second kappa shape index (κ2) is 7.21. The zero-order valence-corrected chi connectivity index (χ0v) is 9.42. The van der Waals surface area contributed by atoms with Crippen LogP contribution < -0.4 is 5.32 Å². The largest absolute Gasteiger partial charge is 0.380 e. The molecule has 1 rings (SSSR count). The van der Waals surface area contributed by atoms with Crippen LogP contribution in [-0.2, 0) is 9.47 Å².